The largest absolute Gasteiger partial charge is 0.480 e. The van der Waals surface area contributed by atoms with E-state index in [1.165, 1.54) is 6.92 Å². The van der Waals surface area contributed by atoms with E-state index in [2.05, 4.69) is 10.6 Å². The first-order valence-electron chi connectivity index (χ1n) is 4.38. The number of carbonyl (C=O) groups is 3. The van der Waals surface area contributed by atoms with Gasteiger partial charge in [0.2, 0.25) is 5.91 Å². The molecule has 6 nitrogen and oxygen atoms in total. The molecule has 15 heavy (non-hydrogen) atoms. The minimum Gasteiger partial charge on any atom is -0.480 e. The van der Waals surface area contributed by atoms with Crippen molar-refractivity contribution in [2.24, 2.45) is 0 Å². The molecule has 2 amide bonds. The molecule has 86 valence electrons. The SMILES string of the molecule is CCNC(=O)SC[C@H](NC(C)=O)C(=O)O. The van der Waals surface area contributed by atoms with Gasteiger partial charge in [0.05, 0.1) is 0 Å². The van der Waals surface area contributed by atoms with E-state index in [4.69, 9.17) is 5.11 Å². The summed E-state index contributed by atoms with van der Waals surface area (Å²) in [5.41, 5.74) is 0. The Labute approximate surface area is 91.8 Å². The van der Waals surface area contributed by atoms with Gasteiger partial charge in [0.1, 0.15) is 6.04 Å². The van der Waals surface area contributed by atoms with Crippen LogP contribution in [0.5, 0.6) is 0 Å². The van der Waals surface area contributed by atoms with Crippen LogP contribution in [0.1, 0.15) is 13.8 Å². The Balaban J connectivity index is 4.01. The second kappa shape index (κ2) is 7.10. The van der Waals surface area contributed by atoms with E-state index in [1.807, 2.05) is 0 Å². The third kappa shape index (κ3) is 6.78. The van der Waals surface area contributed by atoms with E-state index in [0.717, 1.165) is 11.8 Å². The summed E-state index contributed by atoms with van der Waals surface area (Å²) >= 11 is 0.834. The Bertz CT molecular complexity index is 257. The predicted molar refractivity (Wildman–Crippen MR) is 56.8 cm³/mol. The monoisotopic (exact) mass is 234 g/mol. The maximum absolute atomic E-state index is 11.0. The Morgan fingerprint density at radius 2 is 2.00 bits per heavy atom. The number of hydrogen-bond donors (Lipinski definition) is 3. The first-order valence-corrected chi connectivity index (χ1v) is 5.36. The van der Waals surface area contributed by atoms with E-state index < -0.39 is 17.9 Å². The average molecular weight is 234 g/mol. The van der Waals surface area contributed by atoms with Crippen molar-refractivity contribution in [1.82, 2.24) is 10.6 Å². The molecule has 0 aliphatic rings. The lowest BCUT2D eigenvalue weighted by Crippen LogP contribution is -2.42. The van der Waals surface area contributed by atoms with Crippen LogP contribution in [0, 0.1) is 0 Å². The highest BCUT2D eigenvalue weighted by Crippen LogP contribution is 2.04. The quantitative estimate of drug-likeness (QED) is 0.624. The summed E-state index contributed by atoms with van der Waals surface area (Å²) in [6.07, 6.45) is 0. The maximum Gasteiger partial charge on any atom is 0.327 e. The fourth-order valence-electron chi connectivity index (χ4n) is 0.774. The van der Waals surface area contributed by atoms with Crippen molar-refractivity contribution in [2.75, 3.05) is 12.3 Å². The number of rotatable bonds is 5. The summed E-state index contributed by atoms with van der Waals surface area (Å²) in [6.45, 7) is 3.48. The van der Waals surface area contributed by atoms with E-state index in [1.54, 1.807) is 6.92 Å². The van der Waals surface area contributed by atoms with E-state index >= 15 is 0 Å². The second-order valence-corrected chi connectivity index (χ2v) is 3.71. The first-order chi connectivity index (χ1) is 6.97. The molecule has 0 fully saturated rings. The molecule has 0 saturated heterocycles. The normalized spacial score (nSPS) is 11.6. The number of nitrogens with one attached hydrogen (secondary N) is 2. The van der Waals surface area contributed by atoms with Gasteiger partial charge < -0.3 is 15.7 Å². The van der Waals surface area contributed by atoms with Gasteiger partial charge in [-0.15, -0.1) is 0 Å². The molecule has 0 spiro atoms. The van der Waals surface area contributed by atoms with E-state index in [-0.39, 0.29) is 11.0 Å². The van der Waals surface area contributed by atoms with Crippen molar-refractivity contribution in [3.05, 3.63) is 0 Å². The average Bonchev–Trinajstić information content (AvgIpc) is 2.11. The highest BCUT2D eigenvalue weighted by molar-refractivity contribution is 8.13. The summed E-state index contributed by atoms with van der Waals surface area (Å²) in [6, 6.07) is -1.03. The smallest absolute Gasteiger partial charge is 0.327 e. The predicted octanol–water partition coefficient (Wildman–Crippen LogP) is 0.0384. The van der Waals surface area contributed by atoms with Gasteiger partial charge in [0.25, 0.3) is 5.24 Å². The van der Waals surface area contributed by atoms with Crippen molar-refractivity contribution in [2.45, 2.75) is 19.9 Å². The Hall–Kier alpha value is -1.24. The Morgan fingerprint density at radius 3 is 2.40 bits per heavy atom. The van der Waals surface area contributed by atoms with Crippen LogP contribution in [0.2, 0.25) is 0 Å². The molecule has 0 saturated carbocycles. The van der Waals surface area contributed by atoms with Crippen LogP contribution in [0.4, 0.5) is 4.79 Å². The number of carboxylic acid groups (broad SMARTS) is 1. The van der Waals surface area contributed by atoms with Crippen molar-refractivity contribution in [3.8, 4) is 0 Å². The van der Waals surface area contributed by atoms with Gasteiger partial charge in [0.15, 0.2) is 0 Å². The summed E-state index contributed by atoms with van der Waals surface area (Å²) < 4.78 is 0. The third-order valence-corrected chi connectivity index (χ3v) is 2.28. The zero-order chi connectivity index (χ0) is 11.8. The Kier molecular flexibility index (Phi) is 6.52. The fraction of sp³-hybridized carbons (Fsp3) is 0.625. The molecule has 7 heteroatoms. The third-order valence-electron chi connectivity index (χ3n) is 1.38. The van der Waals surface area contributed by atoms with Gasteiger partial charge in [0, 0.05) is 19.2 Å². The standard InChI is InChI=1S/C8H14N2O4S/c1-3-9-8(14)15-4-6(7(12)13)10-5(2)11/h6H,3-4H2,1-2H3,(H,9,14)(H,10,11)(H,12,13)/t6-/m0/s1. The van der Waals surface area contributed by atoms with Crippen LogP contribution < -0.4 is 10.6 Å². The molecule has 3 N–H and O–H groups in total. The molecular formula is C8H14N2O4S. The van der Waals surface area contributed by atoms with Gasteiger partial charge >= 0.3 is 5.97 Å². The Morgan fingerprint density at radius 1 is 1.40 bits per heavy atom. The molecule has 0 aliphatic heterocycles. The van der Waals surface area contributed by atoms with Gasteiger partial charge in [-0.05, 0) is 6.92 Å². The highest BCUT2D eigenvalue weighted by atomic mass is 32.2. The topological polar surface area (TPSA) is 95.5 Å². The molecule has 0 unspecified atom stereocenters. The zero-order valence-corrected chi connectivity index (χ0v) is 9.39. The van der Waals surface area contributed by atoms with Crippen LogP contribution in [0.25, 0.3) is 0 Å². The lowest BCUT2D eigenvalue weighted by Gasteiger charge is -2.11. The minimum absolute atomic E-state index is 0.0146. The van der Waals surface area contributed by atoms with Gasteiger partial charge in [-0.25, -0.2) is 4.79 Å². The zero-order valence-electron chi connectivity index (χ0n) is 8.57. The van der Waals surface area contributed by atoms with Crippen molar-refractivity contribution in [1.29, 1.82) is 0 Å². The number of hydrogen-bond acceptors (Lipinski definition) is 4. The minimum atomic E-state index is -1.15. The molecule has 0 aromatic rings. The first kappa shape index (κ1) is 13.8. The van der Waals surface area contributed by atoms with Crippen molar-refractivity contribution < 1.29 is 19.5 Å². The molecule has 1 atom stereocenters. The summed E-state index contributed by atoms with van der Waals surface area (Å²) in [4.78, 5) is 32.3. The number of thioether (sulfide) groups is 1. The van der Waals surface area contributed by atoms with Crippen LogP contribution in [0.15, 0.2) is 0 Å². The summed E-state index contributed by atoms with van der Waals surface area (Å²) in [7, 11) is 0. The number of carboxylic acids is 1. The van der Waals surface area contributed by atoms with Crippen LogP contribution >= 0.6 is 11.8 Å². The fourth-order valence-corrected chi connectivity index (χ4v) is 1.56. The van der Waals surface area contributed by atoms with E-state index in [9.17, 15) is 14.4 Å². The highest BCUT2D eigenvalue weighted by Gasteiger charge is 2.19. The van der Waals surface area contributed by atoms with Crippen LogP contribution in [0.3, 0.4) is 0 Å². The summed E-state index contributed by atoms with van der Waals surface area (Å²) in [5, 5.41) is 13.2. The molecule has 0 bridgehead atoms. The van der Waals surface area contributed by atoms with Crippen LogP contribution in [-0.4, -0.2) is 40.6 Å². The molecule has 0 rings (SSSR count). The molecule has 0 radical (unpaired) electrons. The van der Waals surface area contributed by atoms with Gasteiger partial charge in [-0.1, -0.05) is 11.8 Å². The second-order valence-electron chi connectivity index (χ2n) is 2.72. The van der Waals surface area contributed by atoms with E-state index in [0.29, 0.717) is 6.54 Å². The van der Waals surface area contributed by atoms with Gasteiger partial charge in [-0.3, -0.25) is 9.59 Å². The van der Waals surface area contributed by atoms with Crippen molar-refractivity contribution in [3.63, 3.8) is 0 Å². The van der Waals surface area contributed by atoms with Crippen LogP contribution in [-0.2, 0) is 9.59 Å². The molecule has 0 aromatic carbocycles. The number of amides is 2. The maximum atomic E-state index is 11.0. The summed E-state index contributed by atoms with van der Waals surface area (Å²) in [5.74, 6) is -1.57. The van der Waals surface area contributed by atoms with Gasteiger partial charge in [-0.2, -0.15) is 0 Å². The molecule has 0 heterocycles. The lowest BCUT2D eigenvalue weighted by atomic mass is 10.3. The molecular weight excluding hydrogens is 220 g/mol. The number of aliphatic carboxylic acids is 1. The number of carbonyl (C=O) groups excluding carboxylic acids is 2. The van der Waals surface area contributed by atoms with Crippen molar-refractivity contribution >= 4 is 28.9 Å². The molecule has 0 aliphatic carbocycles. The lowest BCUT2D eigenvalue weighted by molar-refractivity contribution is -0.140. The molecule has 0 aromatic heterocycles.